The Labute approximate surface area is 209 Å². The first-order valence-electron chi connectivity index (χ1n) is 10.5. The van der Waals surface area contributed by atoms with Crippen LogP contribution in [0.15, 0.2) is 69.3 Å². The highest BCUT2D eigenvalue weighted by molar-refractivity contribution is 8.19. The maximum Gasteiger partial charge on any atom is 0.284 e. The number of benzene rings is 2. The Bertz CT molecular complexity index is 1220. The molecular weight excluding hydrogens is 496 g/mol. The van der Waals surface area contributed by atoms with Crippen LogP contribution in [0.2, 0.25) is 5.02 Å². The molecular formula is C24H25ClN2O5S2. The van der Waals surface area contributed by atoms with Gasteiger partial charge in [-0.15, -0.1) is 11.0 Å². The quantitative estimate of drug-likeness (QED) is 0.238. The summed E-state index contributed by atoms with van der Waals surface area (Å²) < 4.78 is 40.7. The van der Waals surface area contributed by atoms with Gasteiger partial charge >= 0.3 is 0 Å². The molecule has 2 aromatic carbocycles. The highest BCUT2D eigenvalue weighted by Crippen LogP contribution is 2.35. The van der Waals surface area contributed by atoms with Gasteiger partial charge in [-0.05, 0) is 66.2 Å². The van der Waals surface area contributed by atoms with Crippen molar-refractivity contribution >= 4 is 50.5 Å². The number of halogens is 1. The molecule has 7 nitrogen and oxygen atoms in total. The van der Waals surface area contributed by atoms with Crippen molar-refractivity contribution in [3.05, 3.63) is 70.6 Å². The standard InChI is InChI=1S/C24H25ClN2O5S2/c1-4-6-14-32-20-12-7-17(15-21(20)31-3)16-22-23(28)27(13-5-2)24(33-22)26-34(29,30)19-10-8-18(25)9-11-19/h5,7-12,15-16H,2,4,6,13-14H2,1,3H3. The summed E-state index contributed by atoms with van der Waals surface area (Å²) >= 11 is 6.83. The normalized spacial score (nSPS) is 16.3. The molecule has 0 saturated carbocycles. The summed E-state index contributed by atoms with van der Waals surface area (Å²) in [5.41, 5.74) is 0.705. The van der Waals surface area contributed by atoms with E-state index in [4.69, 9.17) is 21.1 Å². The summed E-state index contributed by atoms with van der Waals surface area (Å²) in [5, 5.41) is 0.463. The zero-order chi connectivity index (χ0) is 24.7. The van der Waals surface area contributed by atoms with Crippen molar-refractivity contribution in [2.24, 2.45) is 4.40 Å². The highest BCUT2D eigenvalue weighted by Gasteiger charge is 2.34. The van der Waals surface area contributed by atoms with Gasteiger partial charge in [0.15, 0.2) is 16.7 Å². The molecule has 1 amide bonds. The molecule has 0 radical (unpaired) electrons. The molecule has 34 heavy (non-hydrogen) atoms. The van der Waals surface area contributed by atoms with Crippen molar-refractivity contribution in [3.8, 4) is 11.5 Å². The molecule has 0 spiro atoms. The van der Waals surface area contributed by atoms with Crippen molar-refractivity contribution in [1.82, 2.24) is 4.90 Å². The number of amides is 1. The molecule has 180 valence electrons. The first-order valence-corrected chi connectivity index (χ1v) is 13.2. The number of amidine groups is 1. The van der Waals surface area contributed by atoms with E-state index < -0.39 is 10.0 Å². The molecule has 3 rings (SSSR count). The summed E-state index contributed by atoms with van der Waals surface area (Å²) in [7, 11) is -2.49. The van der Waals surface area contributed by atoms with Crippen LogP contribution in [0.1, 0.15) is 25.3 Å². The van der Waals surface area contributed by atoms with Gasteiger partial charge in [-0.25, -0.2) is 0 Å². The highest BCUT2D eigenvalue weighted by atomic mass is 35.5. The van der Waals surface area contributed by atoms with Crippen LogP contribution in [-0.4, -0.2) is 44.7 Å². The second-order valence-electron chi connectivity index (χ2n) is 7.23. The van der Waals surface area contributed by atoms with Gasteiger partial charge < -0.3 is 9.47 Å². The number of methoxy groups -OCH3 is 1. The Morgan fingerprint density at radius 3 is 2.56 bits per heavy atom. The molecule has 1 fully saturated rings. The van der Waals surface area contributed by atoms with Crippen molar-refractivity contribution < 1.29 is 22.7 Å². The first kappa shape index (κ1) is 25.9. The molecule has 0 bridgehead atoms. The number of nitrogens with zero attached hydrogens (tertiary/aromatic N) is 2. The van der Waals surface area contributed by atoms with Gasteiger partial charge in [-0.2, -0.15) is 8.42 Å². The number of hydrogen-bond acceptors (Lipinski definition) is 6. The van der Waals surface area contributed by atoms with Gasteiger partial charge in [0.1, 0.15) is 0 Å². The molecule has 0 N–H and O–H groups in total. The lowest BCUT2D eigenvalue weighted by atomic mass is 10.2. The number of carbonyl (C=O) groups is 1. The van der Waals surface area contributed by atoms with Crippen molar-refractivity contribution in [2.75, 3.05) is 20.3 Å². The molecule has 0 aromatic heterocycles. The fraction of sp³-hybridized carbons (Fsp3) is 0.250. The fourth-order valence-corrected chi connectivity index (χ4v) is 5.32. The summed E-state index contributed by atoms with van der Waals surface area (Å²) in [5.74, 6) is 0.799. The van der Waals surface area contributed by atoms with E-state index in [-0.39, 0.29) is 22.5 Å². The smallest absolute Gasteiger partial charge is 0.284 e. The lowest BCUT2D eigenvalue weighted by molar-refractivity contribution is -0.121. The van der Waals surface area contributed by atoms with Gasteiger partial charge in [-0.3, -0.25) is 9.69 Å². The van der Waals surface area contributed by atoms with E-state index in [0.29, 0.717) is 33.6 Å². The average molecular weight is 521 g/mol. The van der Waals surface area contributed by atoms with Crippen LogP contribution in [0.3, 0.4) is 0 Å². The van der Waals surface area contributed by atoms with Crippen molar-refractivity contribution in [3.63, 3.8) is 0 Å². The number of unbranched alkanes of at least 4 members (excludes halogenated alkanes) is 1. The van der Waals surface area contributed by atoms with Gasteiger partial charge in [0.05, 0.1) is 23.5 Å². The summed E-state index contributed by atoms with van der Waals surface area (Å²) in [4.78, 5) is 14.6. The van der Waals surface area contributed by atoms with Crippen LogP contribution >= 0.6 is 23.4 Å². The number of thioether (sulfide) groups is 1. The van der Waals surface area contributed by atoms with Crippen LogP contribution in [0.4, 0.5) is 0 Å². The monoisotopic (exact) mass is 520 g/mol. The number of sulfonamides is 1. The van der Waals surface area contributed by atoms with Crippen LogP contribution in [0.5, 0.6) is 11.5 Å². The molecule has 1 heterocycles. The number of rotatable bonds is 10. The maximum absolute atomic E-state index is 13.0. The first-order chi connectivity index (χ1) is 16.3. The van der Waals surface area contributed by atoms with Crippen LogP contribution in [0, 0.1) is 0 Å². The molecule has 0 atom stereocenters. The Balaban J connectivity index is 1.92. The number of carbonyl (C=O) groups excluding carboxylic acids is 1. The van der Waals surface area contributed by atoms with Crippen LogP contribution < -0.4 is 9.47 Å². The van der Waals surface area contributed by atoms with E-state index in [1.54, 1.807) is 25.3 Å². The minimum atomic E-state index is -4.04. The molecule has 0 unspecified atom stereocenters. The third kappa shape index (κ3) is 6.22. The van der Waals surface area contributed by atoms with Crippen LogP contribution in [0.25, 0.3) is 6.08 Å². The molecule has 10 heteroatoms. The van der Waals surface area contributed by atoms with E-state index >= 15 is 0 Å². The van der Waals surface area contributed by atoms with E-state index in [1.165, 1.54) is 35.2 Å². The summed E-state index contributed by atoms with van der Waals surface area (Å²) in [6, 6.07) is 11.0. The zero-order valence-electron chi connectivity index (χ0n) is 18.9. The van der Waals surface area contributed by atoms with Gasteiger partial charge in [-0.1, -0.05) is 37.1 Å². The van der Waals surface area contributed by atoms with Gasteiger partial charge in [0.2, 0.25) is 0 Å². The minimum absolute atomic E-state index is 0.0168. The minimum Gasteiger partial charge on any atom is -0.493 e. The Kier molecular flexibility index (Phi) is 8.82. The maximum atomic E-state index is 13.0. The third-order valence-electron chi connectivity index (χ3n) is 4.75. The second-order valence-corrected chi connectivity index (χ2v) is 10.3. The van der Waals surface area contributed by atoms with Gasteiger partial charge in [0, 0.05) is 11.6 Å². The third-order valence-corrected chi connectivity index (χ3v) is 7.41. The van der Waals surface area contributed by atoms with E-state index in [0.717, 1.165) is 24.6 Å². The lowest BCUT2D eigenvalue weighted by Crippen LogP contribution is -2.29. The largest absolute Gasteiger partial charge is 0.493 e. The predicted molar refractivity (Wildman–Crippen MR) is 137 cm³/mol. The van der Waals surface area contributed by atoms with E-state index in [1.807, 2.05) is 6.07 Å². The SMILES string of the molecule is C=CCN1C(=O)C(=Cc2ccc(OCCCC)c(OC)c2)SC1=NS(=O)(=O)c1ccc(Cl)cc1. The molecule has 2 aromatic rings. The zero-order valence-corrected chi connectivity index (χ0v) is 21.3. The van der Waals surface area contributed by atoms with Crippen molar-refractivity contribution in [2.45, 2.75) is 24.7 Å². The van der Waals surface area contributed by atoms with E-state index in [2.05, 4.69) is 17.9 Å². The second kappa shape index (κ2) is 11.6. The average Bonchev–Trinajstić information content (AvgIpc) is 3.08. The van der Waals surface area contributed by atoms with E-state index in [9.17, 15) is 13.2 Å². The predicted octanol–water partition coefficient (Wildman–Crippen LogP) is 5.37. The lowest BCUT2D eigenvalue weighted by Gasteiger charge is -2.12. The molecule has 1 saturated heterocycles. The Morgan fingerprint density at radius 2 is 1.91 bits per heavy atom. The summed E-state index contributed by atoms with van der Waals surface area (Å²) in [6.07, 6.45) is 5.13. The Morgan fingerprint density at radius 1 is 1.18 bits per heavy atom. The van der Waals surface area contributed by atoms with Crippen molar-refractivity contribution in [1.29, 1.82) is 0 Å². The van der Waals surface area contributed by atoms with Crippen LogP contribution in [-0.2, 0) is 14.8 Å². The molecule has 0 aliphatic carbocycles. The molecule has 1 aliphatic rings. The van der Waals surface area contributed by atoms with Gasteiger partial charge in [0.25, 0.3) is 15.9 Å². The molecule has 1 aliphatic heterocycles. The fourth-order valence-electron chi connectivity index (χ4n) is 3.00. The number of hydrogen-bond donors (Lipinski definition) is 0. The topological polar surface area (TPSA) is 85.3 Å². The number of ether oxygens (including phenoxy) is 2. The Hall–Kier alpha value is -2.75. The summed E-state index contributed by atoms with van der Waals surface area (Å²) in [6.45, 7) is 6.44.